The Morgan fingerprint density at radius 2 is 2.12 bits per heavy atom. The van der Waals surface area contributed by atoms with E-state index in [0.29, 0.717) is 5.56 Å². The number of nitrogens with zero attached hydrogens (tertiary/aromatic N) is 3. The van der Waals surface area contributed by atoms with Crippen LogP contribution in [0.5, 0.6) is 0 Å². The predicted molar refractivity (Wildman–Crippen MR) is 66.3 cm³/mol. The zero-order chi connectivity index (χ0) is 12.4. The van der Waals surface area contributed by atoms with E-state index in [9.17, 15) is 4.79 Å². The Morgan fingerprint density at radius 1 is 1.35 bits per heavy atom. The maximum Gasteiger partial charge on any atom is 0.255 e. The van der Waals surface area contributed by atoms with Gasteiger partial charge in [-0.15, -0.1) is 0 Å². The van der Waals surface area contributed by atoms with Crippen LogP contribution in [0.1, 0.15) is 15.9 Å². The first-order valence-electron chi connectivity index (χ1n) is 5.40. The molecule has 0 aliphatic heterocycles. The number of benzene rings is 1. The molecule has 0 unspecified atom stereocenters. The monoisotopic (exact) mass is 229 g/mol. The summed E-state index contributed by atoms with van der Waals surface area (Å²) in [6, 6.07) is 5.83. The van der Waals surface area contributed by atoms with Crippen LogP contribution in [0.4, 0.5) is 0 Å². The maximum absolute atomic E-state index is 12.1. The summed E-state index contributed by atoms with van der Waals surface area (Å²) in [6.45, 7) is 1.98. The number of aryl methyl sites for hydroxylation is 1. The van der Waals surface area contributed by atoms with Gasteiger partial charge in [-0.2, -0.15) is 0 Å². The Balaban J connectivity index is 2.56. The SMILES string of the molecule is Cc1ccc(-n2ccnc2)c(C(=O)N(C)C)c1. The fraction of sp³-hybridized carbons (Fsp3) is 0.231. The third kappa shape index (κ3) is 2.20. The maximum atomic E-state index is 12.1. The third-order valence-electron chi connectivity index (χ3n) is 2.57. The highest BCUT2D eigenvalue weighted by Crippen LogP contribution is 2.17. The number of aromatic nitrogens is 2. The smallest absolute Gasteiger partial charge is 0.255 e. The fourth-order valence-electron chi connectivity index (χ4n) is 1.69. The Labute approximate surface area is 101 Å². The van der Waals surface area contributed by atoms with E-state index in [1.54, 1.807) is 31.5 Å². The van der Waals surface area contributed by atoms with E-state index in [1.165, 1.54) is 0 Å². The second-order valence-electron chi connectivity index (χ2n) is 4.19. The van der Waals surface area contributed by atoms with E-state index in [1.807, 2.05) is 35.9 Å². The van der Waals surface area contributed by atoms with Gasteiger partial charge in [-0.3, -0.25) is 4.79 Å². The standard InChI is InChI=1S/C13H15N3O/c1-10-4-5-12(16-7-6-14-9-16)11(8-10)13(17)15(2)3/h4-9H,1-3H3. The molecule has 4 heteroatoms. The number of rotatable bonds is 2. The van der Waals surface area contributed by atoms with Gasteiger partial charge in [0.15, 0.2) is 0 Å². The number of imidazole rings is 1. The Hall–Kier alpha value is -2.10. The summed E-state index contributed by atoms with van der Waals surface area (Å²) in [5, 5.41) is 0. The van der Waals surface area contributed by atoms with Crippen molar-refractivity contribution in [1.29, 1.82) is 0 Å². The van der Waals surface area contributed by atoms with E-state index in [4.69, 9.17) is 0 Å². The number of carbonyl (C=O) groups excluding carboxylic acids is 1. The van der Waals surface area contributed by atoms with Crippen molar-refractivity contribution in [3.05, 3.63) is 48.0 Å². The molecular weight excluding hydrogens is 214 g/mol. The molecule has 0 spiro atoms. The van der Waals surface area contributed by atoms with E-state index in [0.717, 1.165) is 11.3 Å². The van der Waals surface area contributed by atoms with E-state index in [-0.39, 0.29) is 5.91 Å². The minimum absolute atomic E-state index is 0.00241. The van der Waals surface area contributed by atoms with Gasteiger partial charge in [0, 0.05) is 26.5 Å². The van der Waals surface area contributed by atoms with Crippen LogP contribution in [0, 0.1) is 6.92 Å². The van der Waals surface area contributed by atoms with Crippen LogP contribution in [0.3, 0.4) is 0 Å². The highest BCUT2D eigenvalue weighted by Gasteiger charge is 2.14. The normalized spacial score (nSPS) is 10.3. The lowest BCUT2D eigenvalue weighted by Gasteiger charge is -2.15. The van der Waals surface area contributed by atoms with Crippen LogP contribution in [0.25, 0.3) is 5.69 Å². The molecule has 1 amide bonds. The summed E-state index contributed by atoms with van der Waals surface area (Å²) in [7, 11) is 3.50. The first-order valence-corrected chi connectivity index (χ1v) is 5.40. The molecule has 0 bridgehead atoms. The summed E-state index contributed by atoms with van der Waals surface area (Å²) in [5.74, 6) is -0.00241. The van der Waals surface area contributed by atoms with Crippen molar-refractivity contribution < 1.29 is 4.79 Å². The van der Waals surface area contributed by atoms with E-state index < -0.39 is 0 Å². The van der Waals surface area contributed by atoms with Gasteiger partial charge < -0.3 is 9.47 Å². The van der Waals surface area contributed by atoms with Crippen molar-refractivity contribution >= 4 is 5.91 Å². The van der Waals surface area contributed by atoms with Crippen LogP contribution in [0.15, 0.2) is 36.9 Å². The minimum atomic E-state index is -0.00241. The van der Waals surface area contributed by atoms with Crippen molar-refractivity contribution in [3.8, 4) is 5.69 Å². The van der Waals surface area contributed by atoms with E-state index in [2.05, 4.69) is 4.98 Å². The molecule has 0 N–H and O–H groups in total. The molecule has 0 atom stereocenters. The first-order chi connectivity index (χ1) is 8.09. The molecular formula is C13H15N3O. The van der Waals surface area contributed by atoms with Crippen LogP contribution < -0.4 is 0 Å². The molecule has 0 saturated carbocycles. The topological polar surface area (TPSA) is 38.1 Å². The third-order valence-corrected chi connectivity index (χ3v) is 2.57. The summed E-state index contributed by atoms with van der Waals surface area (Å²) in [6.07, 6.45) is 5.22. The summed E-state index contributed by atoms with van der Waals surface area (Å²) >= 11 is 0. The van der Waals surface area contributed by atoms with Gasteiger partial charge in [-0.1, -0.05) is 11.6 Å². The number of carbonyl (C=O) groups is 1. The lowest BCUT2D eigenvalue weighted by Crippen LogP contribution is -2.23. The first kappa shape index (κ1) is 11.4. The zero-order valence-corrected chi connectivity index (χ0v) is 10.2. The van der Waals surface area contributed by atoms with Crippen molar-refractivity contribution in [3.63, 3.8) is 0 Å². The lowest BCUT2D eigenvalue weighted by atomic mass is 10.1. The van der Waals surface area contributed by atoms with Gasteiger partial charge in [0.2, 0.25) is 0 Å². The Bertz CT molecular complexity index is 530. The molecule has 0 aliphatic rings. The lowest BCUT2D eigenvalue weighted by molar-refractivity contribution is 0.0827. The number of hydrogen-bond acceptors (Lipinski definition) is 2. The van der Waals surface area contributed by atoms with Gasteiger partial charge in [0.05, 0.1) is 17.6 Å². The Kier molecular flexibility index (Phi) is 2.95. The molecule has 0 fully saturated rings. The second-order valence-corrected chi connectivity index (χ2v) is 4.19. The van der Waals surface area contributed by atoms with Gasteiger partial charge in [-0.25, -0.2) is 4.98 Å². The summed E-state index contributed by atoms with van der Waals surface area (Å²) < 4.78 is 1.84. The Morgan fingerprint density at radius 3 is 2.71 bits per heavy atom. The van der Waals surface area contributed by atoms with Crippen LogP contribution in [-0.4, -0.2) is 34.5 Å². The van der Waals surface area contributed by atoms with E-state index >= 15 is 0 Å². The minimum Gasteiger partial charge on any atom is -0.345 e. The fourth-order valence-corrected chi connectivity index (χ4v) is 1.69. The molecule has 2 aromatic rings. The molecule has 0 saturated heterocycles. The van der Waals surface area contributed by atoms with Gasteiger partial charge in [0.25, 0.3) is 5.91 Å². The summed E-state index contributed by atoms with van der Waals surface area (Å²) in [4.78, 5) is 17.7. The predicted octanol–water partition coefficient (Wildman–Crippen LogP) is 1.88. The average molecular weight is 229 g/mol. The van der Waals surface area contributed by atoms with Crippen molar-refractivity contribution in [2.45, 2.75) is 6.92 Å². The molecule has 88 valence electrons. The molecule has 1 aromatic heterocycles. The average Bonchev–Trinajstić information content (AvgIpc) is 2.81. The van der Waals surface area contributed by atoms with Crippen LogP contribution >= 0.6 is 0 Å². The van der Waals surface area contributed by atoms with Crippen molar-refractivity contribution in [2.24, 2.45) is 0 Å². The molecule has 1 aromatic carbocycles. The molecule has 4 nitrogen and oxygen atoms in total. The van der Waals surface area contributed by atoms with Gasteiger partial charge in [0.1, 0.15) is 0 Å². The quantitative estimate of drug-likeness (QED) is 0.788. The molecule has 17 heavy (non-hydrogen) atoms. The van der Waals surface area contributed by atoms with Crippen LogP contribution in [0.2, 0.25) is 0 Å². The van der Waals surface area contributed by atoms with Gasteiger partial charge in [-0.05, 0) is 19.1 Å². The molecule has 0 radical (unpaired) electrons. The van der Waals surface area contributed by atoms with Crippen molar-refractivity contribution in [1.82, 2.24) is 14.5 Å². The molecule has 0 aliphatic carbocycles. The zero-order valence-electron chi connectivity index (χ0n) is 10.2. The molecule has 2 rings (SSSR count). The highest BCUT2D eigenvalue weighted by atomic mass is 16.2. The second kappa shape index (κ2) is 4.41. The van der Waals surface area contributed by atoms with Gasteiger partial charge >= 0.3 is 0 Å². The summed E-state index contributed by atoms with van der Waals surface area (Å²) in [5.41, 5.74) is 2.61. The highest BCUT2D eigenvalue weighted by molar-refractivity contribution is 5.97. The largest absolute Gasteiger partial charge is 0.345 e. The number of amides is 1. The number of hydrogen-bond donors (Lipinski definition) is 0. The van der Waals surface area contributed by atoms with Crippen molar-refractivity contribution in [2.75, 3.05) is 14.1 Å². The van der Waals surface area contributed by atoms with Crippen LogP contribution in [-0.2, 0) is 0 Å². The molecule has 1 heterocycles.